The smallest absolute Gasteiger partial charge is 0.0295 e. The zero-order valence-corrected chi connectivity index (χ0v) is 7.41. The van der Waals surface area contributed by atoms with Crippen LogP contribution in [0.25, 0.3) is 0 Å². The lowest BCUT2D eigenvalue weighted by Gasteiger charge is -2.29. The predicted molar refractivity (Wildman–Crippen MR) is 43.8 cm³/mol. The summed E-state index contributed by atoms with van der Waals surface area (Å²) in [5.41, 5.74) is 1.48. The Morgan fingerprint density at radius 1 is 1.20 bits per heavy atom. The molecule has 2 saturated carbocycles. The van der Waals surface area contributed by atoms with E-state index in [1.165, 1.54) is 25.7 Å². The Hall–Kier alpha value is 0. The van der Waals surface area contributed by atoms with Crippen LogP contribution in [0.3, 0.4) is 0 Å². The fourth-order valence-electron chi connectivity index (χ4n) is 3.32. The molecule has 0 spiro atoms. The fraction of sp³-hybridized carbons (Fsp3) is 1.00. The molecule has 2 fully saturated rings. The predicted octanol–water partition coefficient (Wildman–Crippen LogP) is 3.22. The van der Waals surface area contributed by atoms with Gasteiger partial charge in [0.05, 0.1) is 0 Å². The van der Waals surface area contributed by atoms with E-state index in [0.717, 1.165) is 16.7 Å². The molecule has 0 aromatic heterocycles. The molecule has 0 aromatic carbocycles. The van der Waals surface area contributed by atoms with Gasteiger partial charge in [-0.15, -0.1) is 0 Å². The molecule has 0 aromatic rings. The molecule has 2 bridgehead atoms. The molecule has 0 aliphatic heterocycles. The van der Waals surface area contributed by atoms with Crippen molar-refractivity contribution in [2.45, 2.75) is 46.5 Å². The SMILES string of the molecule is CC1CC2(C)CCC1(C)C2. The lowest BCUT2D eigenvalue weighted by molar-refractivity contribution is 0.214. The van der Waals surface area contributed by atoms with Crippen molar-refractivity contribution in [3.63, 3.8) is 0 Å². The van der Waals surface area contributed by atoms with Crippen LogP contribution in [0.4, 0.5) is 0 Å². The molecule has 0 amide bonds. The first-order valence-corrected chi connectivity index (χ1v) is 4.54. The summed E-state index contributed by atoms with van der Waals surface area (Å²) in [6.07, 6.45) is 5.98. The Bertz CT molecular complexity index is 161. The van der Waals surface area contributed by atoms with E-state index in [0.29, 0.717) is 0 Å². The van der Waals surface area contributed by atoms with Gasteiger partial charge in [0.15, 0.2) is 0 Å². The maximum Gasteiger partial charge on any atom is -0.0295 e. The third kappa shape index (κ3) is 0.681. The van der Waals surface area contributed by atoms with Gasteiger partial charge in [-0.05, 0) is 42.4 Å². The number of hydrogen-bond acceptors (Lipinski definition) is 0. The molecule has 0 saturated heterocycles. The van der Waals surface area contributed by atoms with Gasteiger partial charge in [0.25, 0.3) is 0 Å². The fourth-order valence-corrected chi connectivity index (χ4v) is 3.32. The average Bonchev–Trinajstić information content (AvgIpc) is 2.17. The summed E-state index contributed by atoms with van der Waals surface area (Å²) in [4.78, 5) is 0. The zero-order chi connectivity index (χ0) is 7.41. The second-order valence-electron chi connectivity index (χ2n) is 5.25. The van der Waals surface area contributed by atoms with Gasteiger partial charge in [0, 0.05) is 0 Å². The van der Waals surface area contributed by atoms with Crippen LogP contribution in [0, 0.1) is 16.7 Å². The zero-order valence-electron chi connectivity index (χ0n) is 7.41. The Morgan fingerprint density at radius 3 is 2.10 bits per heavy atom. The Labute approximate surface area is 64.0 Å². The quantitative estimate of drug-likeness (QED) is 0.482. The van der Waals surface area contributed by atoms with Crippen molar-refractivity contribution in [3.05, 3.63) is 0 Å². The van der Waals surface area contributed by atoms with Gasteiger partial charge in [0.2, 0.25) is 0 Å². The Morgan fingerprint density at radius 2 is 1.90 bits per heavy atom. The van der Waals surface area contributed by atoms with Crippen LogP contribution < -0.4 is 0 Å². The topological polar surface area (TPSA) is 0 Å². The summed E-state index contributed by atoms with van der Waals surface area (Å²) in [6, 6.07) is 0. The molecular formula is C10H18. The first-order valence-electron chi connectivity index (χ1n) is 4.54. The third-order valence-electron chi connectivity index (χ3n) is 4.12. The van der Waals surface area contributed by atoms with Gasteiger partial charge in [-0.2, -0.15) is 0 Å². The second kappa shape index (κ2) is 1.60. The molecule has 0 nitrogen and oxygen atoms in total. The van der Waals surface area contributed by atoms with Crippen molar-refractivity contribution >= 4 is 0 Å². The van der Waals surface area contributed by atoms with Crippen LogP contribution >= 0.6 is 0 Å². The molecule has 0 N–H and O–H groups in total. The van der Waals surface area contributed by atoms with Crippen molar-refractivity contribution in [2.24, 2.45) is 16.7 Å². The summed E-state index contributed by atoms with van der Waals surface area (Å²) >= 11 is 0. The standard InChI is InChI=1S/C10H18/c1-8-6-9(2)4-5-10(8,3)7-9/h8H,4-7H2,1-3H3. The largest absolute Gasteiger partial charge is 0.0620 e. The van der Waals surface area contributed by atoms with Gasteiger partial charge >= 0.3 is 0 Å². The Kier molecular flexibility index (Phi) is 1.07. The Balaban J connectivity index is 2.28. The summed E-state index contributed by atoms with van der Waals surface area (Å²) in [5.74, 6) is 0.992. The minimum absolute atomic E-state index is 0.731. The minimum atomic E-state index is 0.731. The first kappa shape index (κ1) is 6.69. The highest BCUT2D eigenvalue weighted by Gasteiger charge is 2.52. The molecule has 10 heavy (non-hydrogen) atoms. The summed E-state index contributed by atoms with van der Waals surface area (Å²) in [7, 11) is 0. The second-order valence-corrected chi connectivity index (χ2v) is 5.25. The van der Waals surface area contributed by atoms with Crippen molar-refractivity contribution in [2.75, 3.05) is 0 Å². The molecule has 2 rings (SSSR count). The van der Waals surface area contributed by atoms with Crippen LogP contribution in [0.2, 0.25) is 0 Å². The van der Waals surface area contributed by atoms with Crippen molar-refractivity contribution in [3.8, 4) is 0 Å². The molecule has 3 atom stereocenters. The molecule has 3 unspecified atom stereocenters. The monoisotopic (exact) mass is 138 g/mol. The van der Waals surface area contributed by atoms with E-state index in [1.54, 1.807) is 0 Å². The molecular weight excluding hydrogens is 120 g/mol. The minimum Gasteiger partial charge on any atom is -0.0620 e. The first-order chi connectivity index (χ1) is 4.54. The van der Waals surface area contributed by atoms with Gasteiger partial charge in [-0.1, -0.05) is 20.8 Å². The third-order valence-corrected chi connectivity index (χ3v) is 4.12. The van der Waals surface area contributed by atoms with Crippen molar-refractivity contribution < 1.29 is 0 Å². The van der Waals surface area contributed by atoms with E-state index in [1.807, 2.05) is 0 Å². The van der Waals surface area contributed by atoms with Gasteiger partial charge in [0.1, 0.15) is 0 Å². The number of hydrogen-bond donors (Lipinski definition) is 0. The van der Waals surface area contributed by atoms with Crippen LogP contribution in [0.5, 0.6) is 0 Å². The molecule has 0 radical (unpaired) electrons. The van der Waals surface area contributed by atoms with Gasteiger partial charge in [-0.3, -0.25) is 0 Å². The van der Waals surface area contributed by atoms with Gasteiger partial charge in [-0.25, -0.2) is 0 Å². The van der Waals surface area contributed by atoms with Crippen LogP contribution in [0.15, 0.2) is 0 Å². The highest BCUT2D eigenvalue weighted by Crippen LogP contribution is 2.63. The van der Waals surface area contributed by atoms with E-state index >= 15 is 0 Å². The van der Waals surface area contributed by atoms with Crippen LogP contribution in [-0.2, 0) is 0 Å². The van der Waals surface area contributed by atoms with Crippen molar-refractivity contribution in [1.82, 2.24) is 0 Å². The molecule has 2 aliphatic carbocycles. The number of rotatable bonds is 0. The highest BCUT2D eigenvalue weighted by atomic mass is 14.6. The highest BCUT2D eigenvalue weighted by molar-refractivity contribution is 5.03. The van der Waals surface area contributed by atoms with Crippen LogP contribution in [-0.4, -0.2) is 0 Å². The van der Waals surface area contributed by atoms with E-state index in [2.05, 4.69) is 20.8 Å². The normalized spacial score (nSPS) is 59.7. The maximum absolute atomic E-state index is 2.48. The maximum atomic E-state index is 2.48. The summed E-state index contributed by atoms with van der Waals surface area (Å²) in [5, 5.41) is 0. The lowest BCUT2D eigenvalue weighted by atomic mass is 9.76. The average molecular weight is 138 g/mol. The molecule has 0 heteroatoms. The van der Waals surface area contributed by atoms with E-state index < -0.39 is 0 Å². The van der Waals surface area contributed by atoms with Gasteiger partial charge < -0.3 is 0 Å². The van der Waals surface area contributed by atoms with E-state index in [4.69, 9.17) is 0 Å². The molecule has 58 valence electrons. The summed E-state index contributed by atoms with van der Waals surface area (Å²) < 4.78 is 0. The summed E-state index contributed by atoms with van der Waals surface area (Å²) in [6.45, 7) is 7.39. The van der Waals surface area contributed by atoms with E-state index in [-0.39, 0.29) is 0 Å². The molecule has 2 aliphatic rings. The lowest BCUT2D eigenvalue weighted by Crippen LogP contribution is -2.19. The van der Waals surface area contributed by atoms with E-state index in [9.17, 15) is 0 Å². The van der Waals surface area contributed by atoms with Crippen LogP contribution in [0.1, 0.15) is 46.5 Å². The van der Waals surface area contributed by atoms with Crippen molar-refractivity contribution in [1.29, 1.82) is 0 Å². The molecule has 0 heterocycles. The number of fused-ring (bicyclic) bond motifs is 2.